The van der Waals surface area contributed by atoms with Crippen molar-refractivity contribution in [2.24, 2.45) is 0 Å². The van der Waals surface area contributed by atoms with Gasteiger partial charge in [-0.15, -0.1) is 0 Å². The Labute approximate surface area is 167 Å². The summed E-state index contributed by atoms with van der Waals surface area (Å²) in [5, 5.41) is 3.02. The second-order valence-corrected chi connectivity index (χ2v) is 7.11. The van der Waals surface area contributed by atoms with Gasteiger partial charge in [-0.3, -0.25) is 9.69 Å². The molecule has 1 heterocycles. The summed E-state index contributed by atoms with van der Waals surface area (Å²) in [5.41, 5.74) is 3.19. The zero-order chi connectivity index (χ0) is 19.9. The lowest BCUT2D eigenvalue weighted by Crippen LogP contribution is -2.33. The minimum Gasteiger partial charge on any atom is -0.494 e. The molecule has 3 rings (SSSR count). The number of likely N-dealkylation sites (tertiary alicyclic amines) is 1. The van der Waals surface area contributed by atoms with E-state index in [2.05, 4.69) is 41.4 Å². The fourth-order valence-electron chi connectivity index (χ4n) is 3.70. The molecule has 0 radical (unpaired) electrons. The number of hydrogen-bond donors (Lipinski definition) is 1. The van der Waals surface area contributed by atoms with E-state index in [-0.39, 0.29) is 5.91 Å². The Bertz CT molecular complexity index is 789. The highest BCUT2D eigenvalue weighted by Gasteiger charge is 2.27. The molecule has 0 aliphatic carbocycles. The van der Waals surface area contributed by atoms with Crippen LogP contribution in [0.25, 0.3) is 0 Å². The Balaban J connectivity index is 1.69. The van der Waals surface area contributed by atoms with Gasteiger partial charge in [-0.1, -0.05) is 29.8 Å². The van der Waals surface area contributed by atoms with Gasteiger partial charge in [-0.25, -0.2) is 0 Å². The van der Waals surface area contributed by atoms with Crippen molar-refractivity contribution in [3.05, 3.63) is 53.6 Å². The summed E-state index contributed by atoms with van der Waals surface area (Å²) in [6.07, 6.45) is 2.19. The normalized spacial score (nSPS) is 16.8. The van der Waals surface area contributed by atoms with E-state index in [0.29, 0.717) is 37.2 Å². The minimum absolute atomic E-state index is 0.0337. The van der Waals surface area contributed by atoms with Crippen molar-refractivity contribution in [3.63, 3.8) is 0 Å². The van der Waals surface area contributed by atoms with E-state index < -0.39 is 0 Å². The molecule has 1 N–H and O–H groups in total. The molecule has 1 fully saturated rings. The third-order valence-electron chi connectivity index (χ3n) is 5.01. The van der Waals surface area contributed by atoms with Crippen molar-refractivity contribution in [2.45, 2.75) is 39.7 Å². The van der Waals surface area contributed by atoms with Crippen LogP contribution in [0.3, 0.4) is 0 Å². The Morgan fingerprint density at radius 1 is 1.11 bits per heavy atom. The molecule has 1 saturated heterocycles. The summed E-state index contributed by atoms with van der Waals surface area (Å²) in [5.74, 6) is 1.35. The maximum Gasteiger partial charge on any atom is 0.238 e. The number of carbonyl (C=O) groups is 1. The molecule has 1 aliphatic heterocycles. The lowest BCUT2D eigenvalue weighted by atomic mass is 10.0. The van der Waals surface area contributed by atoms with Gasteiger partial charge in [-0.2, -0.15) is 0 Å². The first-order valence-corrected chi connectivity index (χ1v) is 10.1. The van der Waals surface area contributed by atoms with E-state index in [0.717, 1.165) is 25.1 Å². The number of benzene rings is 2. The van der Waals surface area contributed by atoms with E-state index in [1.54, 1.807) is 0 Å². The molecule has 1 unspecified atom stereocenters. The third kappa shape index (κ3) is 5.04. The topological polar surface area (TPSA) is 50.8 Å². The second-order valence-electron chi connectivity index (χ2n) is 7.11. The van der Waals surface area contributed by atoms with E-state index in [1.165, 1.54) is 11.1 Å². The summed E-state index contributed by atoms with van der Waals surface area (Å²) in [6, 6.07) is 14.5. The molecule has 1 atom stereocenters. The van der Waals surface area contributed by atoms with Gasteiger partial charge in [0.25, 0.3) is 0 Å². The fraction of sp³-hybridized carbons (Fsp3) is 0.435. The number of nitrogens with one attached hydrogen (secondary N) is 1. The summed E-state index contributed by atoms with van der Waals surface area (Å²) >= 11 is 0. The van der Waals surface area contributed by atoms with Gasteiger partial charge < -0.3 is 14.8 Å². The molecular formula is C23H30N2O3. The number of hydrogen-bond acceptors (Lipinski definition) is 4. The van der Waals surface area contributed by atoms with Crippen molar-refractivity contribution < 1.29 is 14.3 Å². The molecule has 0 spiro atoms. The molecule has 5 nitrogen and oxygen atoms in total. The van der Waals surface area contributed by atoms with Gasteiger partial charge in [-0.05, 0) is 57.9 Å². The first-order chi connectivity index (χ1) is 13.6. The van der Waals surface area contributed by atoms with Gasteiger partial charge >= 0.3 is 0 Å². The van der Waals surface area contributed by atoms with Gasteiger partial charge in [0.2, 0.25) is 5.91 Å². The molecule has 1 aliphatic rings. The van der Waals surface area contributed by atoms with Crippen LogP contribution in [-0.4, -0.2) is 37.1 Å². The largest absolute Gasteiger partial charge is 0.494 e. The van der Waals surface area contributed by atoms with Crippen molar-refractivity contribution in [1.82, 2.24) is 4.90 Å². The highest BCUT2D eigenvalue weighted by atomic mass is 16.5. The first kappa shape index (κ1) is 20.2. The quantitative estimate of drug-likeness (QED) is 0.727. The Morgan fingerprint density at radius 2 is 1.86 bits per heavy atom. The fourth-order valence-corrected chi connectivity index (χ4v) is 3.70. The van der Waals surface area contributed by atoms with Crippen molar-refractivity contribution in [1.29, 1.82) is 0 Å². The average molecular weight is 383 g/mol. The lowest BCUT2D eigenvalue weighted by Gasteiger charge is -2.24. The number of rotatable bonds is 8. The van der Waals surface area contributed by atoms with Crippen LogP contribution in [-0.2, 0) is 4.79 Å². The maximum atomic E-state index is 12.8. The number of aryl methyl sites for hydroxylation is 1. The maximum absolute atomic E-state index is 12.8. The van der Waals surface area contributed by atoms with Crippen molar-refractivity contribution >= 4 is 11.6 Å². The van der Waals surface area contributed by atoms with Crippen LogP contribution >= 0.6 is 0 Å². The van der Waals surface area contributed by atoms with Gasteiger partial charge in [0, 0.05) is 12.1 Å². The molecule has 0 saturated carbocycles. The monoisotopic (exact) mass is 382 g/mol. The highest BCUT2D eigenvalue weighted by Crippen LogP contribution is 2.33. The smallest absolute Gasteiger partial charge is 0.238 e. The predicted molar refractivity (Wildman–Crippen MR) is 112 cm³/mol. The van der Waals surface area contributed by atoms with Crippen LogP contribution < -0.4 is 14.8 Å². The van der Waals surface area contributed by atoms with Gasteiger partial charge in [0.05, 0.1) is 25.4 Å². The van der Waals surface area contributed by atoms with Crippen molar-refractivity contribution in [2.75, 3.05) is 31.6 Å². The molecule has 5 heteroatoms. The Hall–Kier alpha value is -2.53. The average Bonchev–Trinajstić information content (AvgIpc) is 3.13. The highest BCUT2D eigenvalue weighted by molar-refractivity contribution is 5.94. The van der Waals surface area contributed by atoms with Gasteiger partial charge in [0.1, 0.15) is 11.5 Å². The number of carbonyl (C=O) groups excluding carboxylic acids is 1. The SMILES string of the molecule is CCOc1ccc(OCC)c(NC(=O)CN2CCCC2c2ccc(C)cc2)c1. The van der Waals surface area contributed by atoms with Crippen LogP contribution in [0, 0.1) is 6.92 Å². The van der Waals surface area contributed by atoms with E-state index >= 15 is 0 Å². The van der Waals surface area contributed by atoms with Crippen LogP contribution in [0.4, 0.5) is 5.69 Å². The Morgan fingerprint density at radius 3 is 2.57 bits per heavy atom. The zero-order valence-corrected chi connectivity index (χ0v) is 17.0. The van der Waals surface area contributed by atoms with E-state index in [1.807, 2.05) is 32.0 Å². The minimum atomic E-state index is -0.0337. The molecular weight excluding hydrogens is 352 g/mol. The summed E-state index contributed by atoms with van der Waals surface area (Å²) in [6.45, 7) is 8.37. The zero-order valence-electron chi connectivity index (χ0n) is 17.0. The number of amides is 1. The molecule has 150 valence electrons. The third-order valence-corrected chi connectivity index (χ3v) is 5.01. The Kier molecular flexibility index (Phi) is 6.93. The predicted octanol–water partition coefficient (Wildman–Crippen LogP) is 4.57. The van der Waals surface area contributed by atoms with Crippen LogP contribution in [0.5, 0.6) is 11.5 Å². The summed E-state index contributed by atoms with van der Waals surface area (Å²) in [7, 11) is 0. The summed E-state index contributed by atoms with van der Waals surface area (Å²) < 4.78 is 11.2. The standard InChI is InChI=1S/C23H30N2O3/c1-4-27-19-12-13-22(28-5-2)20(15-19)24-23(26)16-25-14-6-7-21(25)18-10-8-17(3)9-11-18/h8-13,15,21H,4-7,14,16H2,1-3H3,(H,24,26). The van der Waals surface area contributed by atoms with Crippen molar-refractivity contribution in [3.8, 4) is 11.5 Å². The van der Waals surface area contributed by atoms with Gasteiger partial charge in [0.15, 0.2) is 0 Å². The molecule has 0 aromatic heterocycles. The van der Waals surface area contributed by atoms with Crippen LogP contribution in [0.2, 0.25) is 0 Å². The molecule has 0 bridgehead atoms. The van der Waals surface area contributed by atoms with E-state index in [4.69, 9.17) is 9.47 Å². The van der Waals surface area contributed by atoms with E-state index in [9.17, 15) is 4.79 Å². The second kappa shape index (κ2) is 9.60. The molecule has 1 amide bonds. The number of nitrogens with zero attached hydrogens (tertiary/aromatic N) is 1. The molecule has 28 heavy (non-hydrogen) atoms. The first-order valence-electron chi connectivity index (χ1n) is 10.1. The number of anilines is 1. The molecule has 2 aromatic rings. The van der Waals surface area contributed by atoms with Crippen LogP contribution in [0.1, 0.15) is 43.9 Å². The van der Waals surface area contributed by atoms with Crippen LogP contribution in [0.15, 0.2) is 42.5 Å². The number of ether oxygens (including phenoxy) is 2. The lowest BCUT2D eigenvalue weighted by molar-refractivity contribution is -0.117. The molecule has 2 aromatic carbocycles. The summed E-state index contributed by atoms with van der Waals surface area (Å²) in [4.78, 5) is 15.0.